The van der Waals surface area contributed by atoms with Crippen LogP contribution in [0, 0.1) is 0 Å². The van der Waals surface area contributed by atoms with E-state index in [9.17, 15) is 9.59 Å². The van der Waals surface area contributed by atoms with Gasteiger partial charge < -0.3 is 5.32 Å². The Morgan fingerprint density at radius 3 is 2.52 bits per heavy atom. The van der Waals surface area contributed by atoms with Crippen molar-refractivity contribution in [3.8, 4) is 0 Å². The van der Waals surface area contributed by atoms with Crippen molar-refractivity contribution in [2.24, 2.45) is 15.2 Å². The van der Waals surface area contributed by atoms with E-state index in [-0.39, 0.29) is 22.5 Å². The Morgan fingerprint density at radius 2 is 1.90 bits per heavy atom. The highest BCUT2D eigenvalue weighted by atomic mass is 35.5. The average molecular weight is 343 g/mol. The predicted molar refractivity (Wildman–Crippen MR) is 84.0 cm³/mol. The number of hydrogen-bond donors (Lipinski definition) is 1. The Kier molecular flexibility index (Phi) is 5.11. The second-order valence-electron chi connectivity index (χ2n) is 3.84. The number of anilines is 1. The molecule has 6 nitrogen and oxygen atoms in total. The molecule has 9 heteroatoms. The zero-order chi connectivity index (χ0) is 15.4. The fourth-order valence-corrected chi connectivity index (χ4v) is 2.44. The molecule has 0 fully saturated rings. The van der Waals surface area contributed by atoms with Gasteiger partial charge in [-0.25, -0.2) is 0 Å². The number of hydrogen-bond acceptors (Lipinski definition) is 5. The molecule has 108 valence electrons. The maximum atomic E-state index is 11.8. The Balaban J connectivity index is 1.91. The van der Waals surface area contributed by atoms with Gasteiger partial charge in [0.15, 0.2) is 0 Å². The van der Waals surface area contributed by atoms with Gasteiger partial charge in [0.2, 0.25) is 11.1 Å². The first kappa shape index (κ1) is 15.7. The van der Waals surface area contributed by atoms with E-state index in [0.717, 1.165) is 11.8 Å². The molecule has 0 aliphatic carbocycles. The van der Waals surface area contributed by atoms with Crippen molar-refractivity contribution in [2.75, 3.05) is 11.1 Å². The van der Waals surface area contributed by atoms with Crippen LogP contribution in [0.3, 0.4) is 0 Å². The number of rotatable bonds is 3. The Bertz CT molecular complexity index is 668. The summed E-state index contributed by atoms with van der Waals surface area (Å²) in [5.74, 6) is -0.857. The number of amidine groups is 1. The van der Waals surface area contributed by atoms with Crippen LogP contribution in [-0.2, 0) is 9.59 Å². The van der Waals surface area contributed by atoms with Gasteiger partial charge in [0.1, 0.15) is 5.70 Å². The van der Waals surface area contributed by atoms with Crippen molar-refractivity contribution in [1.29, 1.82) is 0 Å². The third-order valence-corrected chi connectivity index (χ3v) is 3.45. The molecule has 2 rings (SSSR count). The molecular weight excluding hydrogens is 335 g/mol. The van der Waals surface area contributed by atoms with Crippen LogP contribution >= 0.6 is 35.0 Å². The van der Waals surface area contributed by atoms with E-state index in [1.165, 1.54) is 0 Å². The quantitative estimate of drug-likeness (QED) is 0.852. The van der Waals surface area contributed by atoms with Crippen LogP contribution in [0.4, 0.5) is 5.69 Å². The van der Waals surface area contributed by atoms with Crippen molar-refractivity contribution in [3.05, 3.63) is 40.5 Å². The SMILES string of the molecule is C=C1N=NC(SCC(=O)Nc2cc(Cl)cc(Cl)c2)=NC1=O. The number of carbonyl (C=O) groups excluding carboxylic acids is 2. The molecule has 1 heterocycles. The van der Waals surface area contributed by atoms with Crippen molar-refractivity contribution < 1.29 is 9.59 Å². The molecule has 1 aliphatic heterocycles. The van der Waals surface area contributed by atoms with Crippen LogP contribution in [0.2, 0.25) is 10.0 Å². The Hall–Kier alpha value is -1.70. The second kappa shape index (κ2) is 6.84. The summed E-state index contributed by atoms with van der Waals surface area (Å²) in [5, 5.41) is 10.8. The highest BCUT2D eigenvalue weighted by Gasteiger charge is 2.15. The summed E-state index contributed by atoms with van der Waals surface area (Å²) in [6.07, 6.45) is 0. The van der Waals surface area contributed by atoms with Crippen molar-refractivity contribution >= 4 is 57.6 Å². The monoisotopic (exact) mass is 342 g/mol. The highest BCUT2D eigenvalue weighted by molar-refractivity contribution is 8.14. The Labute approximate surface area is 134 Å². The largest absolute Gasteiger partial charge is 0.325 e. The first-order valence-corrected chi connectivity index (χ1v) is 7.30. The fraction of sp³-hybridized carbons (Fsp3) is 0.0833. The lowest BCUT2D eigenvalue weighted by Gasteiger charge is -2.07. The van der Waals surface area contributed by atoms with Crippen LogP contribution in [0.5, 0.6) is 0 Å². The van der Waals surface area contributed by atoms with E-state index in [1.807, 2.05) is 0 Å². The first-order valence-electron chi connectivity index (χ1n) is 5.56. The molecule has 0 aromatic heterocycles. The zero-order valence-electron chi connectivity index (χ0n) is 10.5. The zero-order valence-corrected chi connectivity index (χ0v) is 12.8. The number of nitrogens with zero attached hydrogens (tertiary/aromatic N) is 3. The normalized spacial score (nSPS) is 14.1. The van der Waals surface area contributed by atoms with E-state index in [1.54, 1.807) is 18.2 Å². The molecule has 0 unspecified atom stereocenters. The van der Waals surface area contributed by atoms with E-state index in [4.69, 9.17) is 23.2 Å². The van der Waals surface area contributed by atoms with Gasteiger partial charge in [-0.3, -0.25) is 9.59 Å². The molecule has 0 atom stereocenters. The molecule has 1 N–H and O–H groups in total. The number of nitrogens with one attached hydrogen (secondary N) is 1. The van der Waals surface area contributed by atoms with Crippen LogP contribution in [0.15, 0.2) is 45.7 Å². The van der Waals surface area contributed by atoms with E-state index in [2.05, 4.69) is 27.1 Å². The maximum Gasteiger partial charge on any atom is 0.299 e. The lowest BCUT2D eigenvalue weighted by atomic mass is 10.3. The lowest BCUT2D eigenvalue weighted by Crippen LogP contribution is -2.16. The topological polar surface area (TPSA) is 83.2 Å². The number of halogens is 2. The molecule has 0 saturated heterocycles. The summed E-state index contributed by atoms with van der Waals surface area (Å²) in [4.78, 5) is 26.6. The number of carbonyl (C=O) groups is 2. The molecular formula is C12H8Cl2N4O2S. The van der Waals surface area contributed by atoms with Gasteiger partial charge in [-0.1, -0.05) is 41.5 Å². The van der Waals surface area contributed by atoms with Gasteiger partial charge in [-0.15, -0.1) is 10.2 Å². The van der Waals surface area contributed by atoms with Crippen LogP contribution < -0.4 is 5.32 Å². The first-order chi connectivity index (χ1) is 9.94. The summed E-state index contributed by atoms with van der Waals surface area (Å²) >= 11 is 12.6. The number of thioether (sulfide) groups is 1. The van der Waals surface area contributed by atoms with Crippen molar-refractivity contribution in [3.63, 3.8) is 0 Å². The van der Waals surface area contributed by atoms with Crippen LogP contribution in [0.1, 0.15) is 0 Å². The van der Waals surface area contributed by atoms with Crippen molar-refractivity contribution in [2.45, 2.75) is 0 Å². The van der Waals surface area contributed by atoms with Gasteiger partial charge in [0, 0.05) is 15.7 Å². The third kappa shape index (κ3) is 4.66. The van der Waals surface area contributed by atoms with Gasteiger partial charge in [0.25, 0.3) is 5.91 Å². The molecule has 1 aliphatic rings. The summed E-state index contributed by atoms with van der Waals surface area (Å²) in [7, 11) is 0. The molecule has 1 aromatic rings. The smallest absolute Gasteiger partial charge is 0.299 e. The van der Waals surface area contributed by atoms with Gasteiger partial charge >= 0.3 is 0 Å². The maximum absolute atomic E-state index is 11.8. The van der Waals surface area contributed by atoms with E-state index < -0.39 is 5.91 Å². The molecule has 21 heavy (non-hydrogen) atoms. The minimum Gasteiger partial charge on any atom is -0.325 e. The molecule has 0 saturated carbocycles. The minimum atomic E-state index is -0.561. The van der Waals surface area contributed by atoms with Gasteiger partial charge in [0.05, 0.1) is 5.75 Å². The second-order valence-corrected chi connectivity index (χ2v) is 5.66. The average Bonchev–Trinajstić information content (AvgIpc) is 2.39. The molecule has 2 amide bonds. The van der Waals surface area contributed by atoms with E-state index >= 15 is 0 Å². The van der Waals surface area contributed by atoms with E-state index in [0.29, 0.717) is 15.7 Å². The van der Waals surface area contributed by atoms with Gasteiger partial charge in [-0.05, 0) is 18.2 Å². The van der Waals surface area contributed by atoms with Crippen LogP contribution in [-0.4, -0.2) is 22.7 Å². The predicted octanol–water partition coefficient (Wildman–Crippen LogP) is 3.53. The summed E-state index contributed by atoms with van der Waals surface area (Å²) in [6.45, 7) is 3.37. The summed E-state index contributed by atoms with van der Waals surface area (Å²) in [6, 6.07) is 4.70. The third-order valence-electron chi connectivity index (χ3n) is 2.18. The highest BCUT2D eigenvalue weighted by Crippen LogP contribution is 2.22. The lowest BCUT2D eigenvalue weighted by molar-refractivity contribution is -0.115. The standard InChI is InChI=1S/C12H8Cl2N4O2S/c1-6-11(20)16-12(18-17-6)21-5-10(19)15-9-3-7(13)2-8(14)4-9/h2-4H,1,5H2,(H,15,19). The fourth-order valence-electron chi connectivity index (χ4n) is 1.33. The minimum absolute atomic E-state index is 0.0156. The molecule has 1 aromatic carbocycles. The number of benzene rings is 1. The summed E-state index contributed by atoms with van der Waals surface area (Å²) < 4.78 is 0. The Morgan fingerprint density at radius 1 is 1.24 bits per heavy atom. The van der Waals surface area contributed by atoms with Gasteiger partial charge in [-0.2, -0.15) is 4.99 Å². The number of aliphatic imine (C=N–C) groups is 1. The number of azo groups is 1. The van der Waals surface area contributed by atoms with Crippen LogP contribution in [0.25, 0.3) is 0 Å². The van der Waals surface area contributed by atoms with Crippen molar-refractivity contribution in [1.82, 2.24) is 0 Å². The molecule has 0 bridgehead atoms. The number of amides is 2. The molecule has 0 spiro atoms. The summed E-state index contributed by atoms with van der Waals surface area (Å²) in [5.41, 5.74) is 0.451. The molecule has 0 radical (unpaired) electrons.